The number of carbonyl (C=O) groups is 1. The van der Waals surface area contributed by atoms with Crippen LogP contribution in [0.1, 0.15) is 43.0 Å². The van der Waals surface area contributed by atoms with Gasteiger partial charge in [-0.15, -0.1) is 0 Å². The molecule has 0 aliphatic carbocycles. The van der Waals surface area contributed by atoms with Crippen molar-refractivity contribution in [1.29, 1.82) is 0 Å². The summed E-state index contributed by atoms with van der Waals surface area (Å²) in [6.45, 7) is 7.24. The van der Waals surface area contributed by atoms with Crippen molar-refractivity contribution >= 4 is 18.1 Å². The van der Waals surface area contributed by atoms with E-state index < -0.39 is 6.09 Å². The molecule has 0 saturated carbocycles. The molecule has 0 heterocycles. The Balaban J connectivity index is 1.30. The fourth-order valence-electron chi connectivity index (χ4n) is 4.19. The molecule has 0 atom stereocenters. The van der Waals surface area contributed by atoms with Gasteiger partial charge >= 0.3 is 6.09 Å². The standard InChI is InChI=1S/C33H34N2O5/c1-4-35(32(37)38)23-34-28-12-18-31(19-13-28)40-22-25-7-5-6-24(20-25)21-39-30-16-10-27(11-17-30)33(2,3)26-8-14-29(36)15-9-26/h5-20,23,36H,4,21-22H2,1-3H3,(H,37,38). The van der Waals surface area contributed by atoms with Crippen molar-refractivity contribution in [1.82, 2.24) is 4.90 Å². The number of nitrogens with zero attached hydrogens (tertiary/aromatic N) is 2. The monoisotopic (exact) mass is 538 g/mol. The summed E-state index contributed by atoms with van der Waals surface area (Å²) in [7, 11) is 0. The fraction of sp³-hybridized carbons (Fsp3) is 0.212. The highest BCUT2D eigenvalue weighted by Gasteiger charge is 2.23. The zero-order valence-electron chi connectivity index (χ0n) is 22.9. The molecule has 0 radical (unpaired) electrons. The summed E-state index contributed by atoms with van der Waals surface area (Å²) in [5.41, 5.74) is 4.79. The first-order valence-electron chi connectivity index (χ1n) is 13.1. The zero-order valence-corrected chi connectivity index (χ0v) is 22.9. The average Bonchev–Trinajstić information content (AvgIpc) is 2.96. The van der Waals surface area contributed by atoms with Gasteiger partial charge in [0.05, 0.1) is 5.69 Å². The van der Waals surface area contributed by atoms with Crippen molar-refractivity contribution in [2.75, 3.05) is 6.54 Å². The van der Waals surface area contributed by atoms with Crippen LogP contribution in [0.2, 0.25) is 0 Å². The second kappa shape index (κ2) is 12.8. The Bertz CT molecular complexity index is 1430. The van der Waals surface area contributed by atoms with Crippen LogP contribution in [0.5, 0.6) is 17.2 Å². The highest BCUT2D eigenvalue weighted by Crippen LogP contribution is 2.33. The number of aromatic hydroxyl groups is 1. The number of amides is 1. The molecule has 206 valence electrons. The highest BCUT2D eigenvalue weighted by molar-refractivity contribution is 5.82. The van der Waals surface area contributed by atoms with Crippen LogP contribution in [0.3, 0.4) is 0 Å². The summed E-state index contributed by atoms with van der Waals surface area (Å²) in [4.78, 5) is 16.4. The topological polar surface area (TPSA) is 91.6 Å². The molecule has 0 aliphatic rings. The molecule has 40 heavy (non-hydrogen) atoms. The van der Waals surface area contributed by atoms with Crippen molar-refractivity contribution in [2.45, 2.75) is 39.4 Å². The van der Waals surface area contributed by atoms with E-state index in [0.717, 1.165) is 32.9 Å². The van der Waals surface area contributed by atoms with Crippen LogP contribution < -0.4 is 9.47 Å². The number of hydrogen-bond acceptors (Lipinski definition) is 5. The summed E-state index contributed by atoms with van der Waals surface area (Å²) in [6.07, 6.45) is 0.265. The molecular formula is C33H34N2O5. The SMILES string of the molecule is CCN(C=Nc1ccc(OCc2cccc(COc3ccc(C(C)(C)c4ccc(O)cc4)cc3)c2)cc1)C(=O)O. The van der Waals surface area contributed by atoms with E-state index in [1.165, 1.54) is 6.34 Å². The Hall–Kier alpha value is -4.78. The predicted octanol–water partition coefficient (Wildman–Crippen LogP) is 7.54. The summed E-state index contributed by atoms with van der Waals surface area (Å²) in [6, 6.07) is 30.7. The van der Waals surface area contributed by atoms with Crippen LogP contribution in [-0.4, -0.2) is 34.1 Å². The Morgan fingerprint density at radius 3 is 1.82 bits per heavy atom. The zero-order chi connectivity index (χ0) is 28.5. The van der Waals surface area contributed by atoms with E-state index in [0.29, 0.717) is 31.2 Å². The van der Waals surface area contributed by atoms with Crippen molar-refractivity contribution in [2.24, 2.45) is 4.99 Å². The van der Waals surface area contributed by atoms with E-state index >= 15 is 0 Å². The van der Waals surface area contributed by atoms with Gasteiger partial charge in [-0.3, -0.25) is 4.90 Å². The second-order valence-electron chi connectivity index (χ2n) is 9.90. The van der Waals surface area contributed by atoms with Crippen LogP contribution in [0.4, 0.5) is 10.5 Å². The number of rotatable bonds is 11. The third-order valence-corrected chi connectivity index (χ3v) is 6.74. The number of hydrogen-bond donors (Lipinski definition) is 2. The van der Waals surface area contributed by atoms with Gasteiger partial charge in [0.1, 0.15) is 36.8 Å². The lowest BCUT2D eigenvalue weighted by Gasteiger charge is -2.26. The maximum atomic E-state index is 11.1. The van der Waals surface area contributed by atoms with E-state index in [2.05, 4.69) is 37.0 Å². The summed E-state index contributed by atoms with van der Waals surface area (Å²) in [5, 5.41) is 18.7. The molecule has 4 aromatic rings. The number of phenols is 1. The van der Waals surface area contributed by atoms with Crippen LogP contribution in [0.15, 0.2) is 102 Å². The van der Waals surface area contributed by atoms with Crippen LogP contribution in [0.25, 0.3) is 0 Å². The first-order chi connectivity index (χ1) is 19.2. The Morgan fingerprint density at radius 2 is 1.32 bits per heavy atom. The first kappa shape index (κ1) is 28.2. The molecule has 7 heteroatoms. The molecule has 0 saturated heterocycles. The minimum Gasteiger partial charge on any atom is -0.508 e. The minimum atomic E-state index is -1.04. The molecular weight excluding hydrogens is 504 g/mol. The van der Waals surface area contributed by atoms with Gasteiger partial charge in [-0.25, -0.2) is 9.79 Å². The fourth-order valence-corrected chi connectivity index (χ4v) is 4.19. The molecule has 4 rings (SSSR count). The molecule has 0 aromatic heterocycles. The van der Waals surface area contributed by atoms with E-state index in [4.69, 9.17) is 14.6 Å². The van der Waals surface area contributed by atoms with Crippen molar-refractivity contribution in [3.05, 3.63) is 119 Å². The highest BCUT2D eigenvalue weighted by atomic mass is 16.5. The van der Waals surface area contributed by atoms with E-state index in [1.807, 2.05) is 54.6 Å². The molecule has 4 aromatic carbocycles. The van der Waals surface area contributed by atoms with Gasteiger partial charge in [-0.05, 0) is 83.8 Å². The lowest BCUT2D eigenvalue weighted by Crippen LogP contribution is -2.27. The molecule has 0 aliphatic heterocycles. The van der Waals surface area contributed by atoms with Crippen molar-refractivity contribution in [3.63, 3.8) is 0 Å². The molecule has 2 N–H and O–H groups in total. The third-order valence-electron chi connectivity index (χ3n) is 6.74. The van der Waals surface area contributed by atoms with E-state index in [1.54, 1.807) is 31.2 Å². The molecule has 0 unspecified atom stereocenters. The van der Waals surface area contributed by atoms with Gasteiger partial charge in [0.25, 0.3) is 0 Å². The first-order valence-corrected chi connectivity index (χ1v) is 13.1. The maximum absolute atomic E-state index is 11.1. The van der Waals surface area contributed by atoms with Crippen LogP contribution in [-0.2, 0) is 18.6 Å². The maximum Gasteiger partial charge on any atom is 0.412 e. The molecule has 1 amide bonds. The summed E-state index contributed by atoms with van der Waals surface area (Å²) in [5.74, 6) is 1.75. The third kappa shape index (κ3) is 7.41. The predicted molar refractivity (Wildman–Crippen MR) is 157 cm³/mol. The largest absolute Gasteiger partial charge is 0.508 e. The summed E-state index contributed by atoms with van der Waals surface area (Å²) >= 11 is 0. The molecule has 0 fully saturated rings. The quantitative estimate of drug-likeness (QED) is 0.152. The molecule has 7 nitrogen and oxygen atoms in total. The van der Waals surface area contributed by atoms with Gasteiger partial charge in [0.2, 0.25) is 0 Å². The van der Waals surface area contributed by atoms with E-state index in [9.17, 15) is 9.90 Å². The Kier molecular flexibility index (Phi) is 9.07. The second-order valence-corrected chi connectivity index (χ2v) is 9.90. The number of carboxylic acid groups (broad SMARTS) is 1. The number of aliphatic imine (C=N–C) groups is 1. The molecule has 0 bridgehead atoms. The van der Waals surface area contributed by atoms with Crippen molar-refractivity contribution in [3.8, 4) is 17.2 Å². The number of ether oxygens (including phenoxy) is 2. The summed E-state index contributed by atoms with van der Waals surface area (Å²) < 4.78 is 12.0. The van der Waals surface area contributed by atoms with Crippen LogP contribution >= 0.6 is 0 Å². The van der Waals surface area contributed by atoms with Gasteiger partial charge < -0.3 is 19.7 Å². The lowest BCUT2D eigenvalue weighted by atomic mass is 9.78. The van der Waals surface area contributed by atoms with E-state index in [-0.39, 0.29) is 11.2 Å². The molecule has 0 spiro atoms. The Morgan fingerprint density at radius 1 is 0.825 bits per heavy atom. The smallest absolute Gasteiger partial charge is 0.412 e. The van der Waals surface area contributed by atoms with Gasteiger partial charge in [-0.1, -0.05) is 56.3 Å². The normalized spacial score (nSPS) is 11.4. The number of benzene rings is 4. The van der Waals surface area contributed by atoms with Gasteiger partial charge in [-0.2, -0.15) is 0 Å². The number of phenolic OH excluding ortho intramolecular Hbond substituents is 1. The van der Waals surface area contributed by atoms with Gasteiger partial charge in [0.15, 0.2) is 0 Å². The minimum absolute atomic E-state index is 0.204. The van der Waals surface area contributed by atoms with Crippen LogP contribution in [0, 0.1) is 0 Å². The average molecular weight is 539 g/mol. The Labute approximate surface area is 235 Å². The lowest BCUT2D eigenvalue weighted by molar-refractivity contribution is 0.172. The van der Waals surface area contributed by atoms with Crippen molar-refractivity contribution < 1.29 is 24.5 Å². The van der Waals surface area contributed by atoms with Gasteiger partial charge in [0, 0.05) is 12.0 Å².